The van der Waals surface area contributed by atoms with Gasteiger partial charge in [0.25, 0.3) is 0 Å². The third kappa shape index (κ3) is 1.58. The van der Waals surface area contributed by atoms with Gasteiger partial charge in [0.05, 0.1) is 0 Å². The molecule has 0 saturated heterocycles. The minimum absolute atomic E-state index is 0.324. The number of nitrogens with two attached hydrogens (primary N) is 1. The molecule has 0 bridgehead atoms. The lowest BCUT2D eigenvalue weighted by Crippen LogP contribution is -2.39. The van der Waals surface area contributed by atoms with Crippen molar-refractivity contribution in [2.75, 3.05) is 6.54 Å². The molecule has 0 spiro atoms. The van der Waals surface area contributed by atoms with Crippen LogP contribution in [0.25, 0.3) is 0 Å². The van der Waals surface area contributed by atoms with Gasteiger partial charge in [0, 0.05) is 6.54 Å². The summed E-state index contributed by atoms with van der Waals surface area (Å²) in [6.07, 6.45) is 2.90. The van der Waals surface area contributed by atoms with Crippen molar-refractivity contribution in [1.29, 1.82) is 0 Å². The van der Waals surface area contributed by atoms with Crippen LogP contribution in [0.4, 0.5) is 0 Å². The van der Waals surface area contributed by atoms with Crippen molar-refractivity contribution in [3.63, 3.8) is 0 Å². The Morgan fingerprint density at radius 1 is 1.33 bits per heavy atom. The van der Waals surface area contributed by atoms with Gasteiger partial charge in [0.1, 0.15) is 5.60 Å². The second-order valence-electron chi connectivity index (χ2n) is 4.64. The van der Waals surface area contributed by atoms with Gasteiger partial charge in [-0.05, 0) is 55.4 Å². The van der Waals surface area contributed by atoms with Crippen molar-refractivity contribution < 1.29 is 5.11 Å². The number of hydrogen-bond donors (Lipinski definition) is 2. The summed E-state index contributed by atoms with van der Waals surface area (Å²) in [5.74, 6) is 0. The largest absolute Gasteiger partial charge is 0.384 e. The summed E-state index contributed by atoms with van der Waals surface area (Å²) in [6, 6.07) is 4.22. The zero-order valence-corrected chi connectivity index (χ0v) is 9.51. The fourth-order valence-electron chi connectivity index (χ4n) is 2.73. The maximum atomic E-state index is 10.5. The van der Waals surface area contributed by atoms with E-state index in [1.807, 2.05) is 0 Å². The van der Waals surface area contributed by atoms with Crippen LogP contribution < -0.4 is 5.73 Å². The van der Waals surface area contributed by atoms with E-state index in [1.165, 1.54) is 16.7 Å². The van der Waals surface area contributed by atoms with Gasteiger partial charge in [-0.15, -0.1) is 0 Å². The smallest absolute Gasteiger partial charge is 0.102 e. The molecule has 2 rings (SSSR count). The lowest BCUT2D eigenvalue weighted by Gasteiger charge is -2.35. The molecule has 0 aromatic heterocycles. The molecular formula is C13H19NO. The molecule has 15 heavy (non-hydrogen) atoms. The Morgan fingerprint density at radius 2 is 2.00 bits per heavy atom. The van der Waals surface area contributed by atoms with Crippen LogP contribution in [0.2, 0.25) is 0 Å². The molecule has 1 atom stereocenters. The van der Waals surface area contributed by atoms with Crippen LogP contribution in [0.15, 0.2) is 12.1 Å². The summed E-state index contributed by atoms with van der Waals surface area (Å²) < 4.78 is 0. The summed E-state index contributed by atoms with van der Waals surface area (Å²) in [5, 5.41) is 10.5. The average molecular weight is 205 g/mol. The molecule has 1 aliphatic carbocycles. The molecule has 2 nitrogen and oxygen atoms in total. The van der Waals surface area contributed by atoms with Gasteiger partial charge in [-0.3, -0.25) is 0 Å². The van der Waals surface area contributed by atoms with Crippen molar-refractivity contribution in [2.45, 2.75) is 38.7 Å². The van der Waals surface area contributed by atoms with E-state index in [9.17, 15) is 5.11 Å². The molecule has 1 aromatic carbocycles. The second-order valence-corrected chi connectivity index (χ2v) is 4.64. The third-order valence-electron chi connectivity index (χ3n) is 3.58. The van der Waals surface area contributed by atoms with Crippen LogP contribution in [0.1, 0.15) is 35.1 Å². The lowest BCUT2D eigenvalue weighted by molar-refractivity contribution is 0.0272. The van der Waals surface area contributed by atoms with E-state index in [4.69, 9.17) is 5.73 Å². The van der Waals surface area contributed by atoms with Crippen LogP contribution in [0.3, 0.4) is 0 Å². The van der Waals surface area contributed by atoms with Crippen LogP contribution in [-0.2, 0) is 12.0 Å². The summed E-state index contributed by atoms with van der Waals surface area (Å²) in [5.41, 5.74) is 9.79. The molecule has 0 aliphatic heterocycles. The fourth-order valence-corrected chi connectivity index (χ4v) is 2.73. The Bertz CT molecular complexity index is 386. The monoisotopic (exact) mass is 205 g/mol. The Labute approximate surface area is 91.1 Å². The van der Waals surface area contributed by atoms with Crippen molar-refractivity contribution in [3.05, 3.63) is 34.4 Å². The van der Waals surface area contributed by atoms with Gasteiger partial charge in [-0.25, -0.2) is 0 Å². The highest BCUT2D eigenvalue weighted by Gasteiger charge is 2.34. The van der Waals surface area contributed by atoms with Crippen molar-refractivity contribution in [1.82, 2.24) is 0 Å². The van der Waals surface area contributed by atoms with E-state index in [2.05, 4.69) is 26.0 Å². The van der Waals surface area contributed by atoms with Crippen LogP contribution in [0.5, 0.6) is 0 Å². The molecule has 1 unspecified atom stereocenters. The fraction of sp³-hybridized carbons (Fsp3) is 0.538. The zero-order valence-electron chi connectivity index (χ0n) is 9.51. The average Bonchev–Trinajstić information content (AvgIpc) is 2.24. The first-order valence-electron chi connectivity index (χ1n) is 5.60. The quantitative estimate of drug-likeness (QED) is 0.734. The molecular weight excluding hydrogens is 186 g/mol. The van der Waals surface area contributed by atoms with Gasteiger partial charge in [-0.1, -0.05) is 12.1 Å². The first kappa shape index (κ1) is 10.7. The van der Waals surface area contributed by atoms with Crippen LogP contribution in [-0.4, -0.2) is 11.7 Å². The number of rotatable bonds is 1. The summed E-state index contributed by atoms with van der Waals surface area (Å²) >= 11 is 0. The van der Waals surface area contributed by atoms with Gasteiger partial charge in [0.2, 0.25) is 0 Å². The van der Waals surface area contributed by atoms with Gasteiger partial charge in [0.15, 0.2) is 0 Å². The highest BCUT2D eigenvalue weighted by atomic mass is 16.3. The number of aliphatic hydroxyl groups is 1. The third-order valence-corrected chi connectivity index (χ3v) is 3.58. The number of aryl methyl sites for hydroxylation is 2. The zero-order chi connectivity index (χ0) is 11.1. The number of hydrogen-bond acceptors (Lipinski definition) is 2. The van der Waals surface area contributed by atoms with Crippen LogP contribution >= 0.6 is 0 Å². The molecule has 0 fully saturated rings. The van der Waals surface area contributed by atoms with E-state index in [1.54, 1.807) is 0 Å². The first-order chi connectivity index (χ1) is 7.08. The second kappa shape index (κ2) is 3.62. The predicted molar refractivity (Wildman–Crippen MR) is 61.8 cm³/mol. The summed E-state index contributed by atoms with van der Waals surface area (Å²) in [4.78, 5) is 0. The maximum absolute atomic E-state index is 10.5. The van der Waals surface area contributed by atoms with E-state index in [0.717, 1.165) is 24.8 Å². The van der Waals surface area contributed by atoms with E-state index >= 15 is 0 Å². The predicted octanol–water partition coefficient (Wildman–Crippen LogP) is 1.79. The lowest BCUT2D eigenvalue weighted by atomic mass is 9.75. The maximum Gasteiger partial charge on any atom is 0.102 e. The van der Waals surface area contributed by atoms with Crippen molar-refractivity contribution in [3.8, 4) is 0 Å². The minimum Gasteiger partial charge on any atom is -0.384 e. The molecule has 2 heteroatoms. The van der Waals surface area contributed by atoms with E-state index in [-0.39, 0.29) is 0 Å². The highest BCUT2D eigenvalue weighted by Crippen LogP contribution is 2.38. The van der Waals surface area contributed by atoms with Crippen LogP contribution in [0, 0.1) is 13.8 Å². The minimum atomic E-state index is -0.788. The van der Waals surface area contributed by atoms with Crippen molar-refractivity contribution in [2.24, 2.45) is 5.73 Å². The van der Waals surface area contributed by atoms with Gasteiger partial charge >= 0.3 is 0 Å². The SMILES string of the molecule is Cc1ccc(C)c2c1CCCC2(O)CN. The van der Waals surface area contributed by atoms with E-state index in [0.29, 0.717) is 6.54 Å². The Balaban J connectivity index is 2.65. The van der Waals surface area contributed by atoms with Gasteiger partial charge < -0.3 is 10.8 Å². The molecule has 1 aromatic rings. The molecule has 1 aliphatic rings. The normalized spacial score (nSPS) is 25.1. The Morgan fingerprint density at radius 3 is 2.67 bits per heavy atom. The topological polar surface area (TPSA) is 46.2 Å². The molecule has 0 radical (unpaired) electrons. The molecule has 0 saturated carbocycles. The number of fused-ring (bicyclic) bond motifs is 1. The molecule has 0 heterocycles. The standard InChI is InChI=1S/C13H19NO/c1-9-5-6-10(2)12-11(9)4-3-7-13(12,15)8-14/h5-6,15H,3-4,7-8,14H2,1-2H3. The first-order valence-corrected chi connectivity index (χ1v) is 5.60. The molecule has 82 valence electrons. The van der Waals surface area contributed by atoms with Gasteiger partial charge in [-0.2, -0.15) is 0 Å². The Hall–Kier alpha value is -0.860. The van der Waals surface area contributed by atoms with E-state index < -0.39 is 5.60 Å². The molecule has 0 amide bonds. The molecule has 3 N–H and O–H groups in total. The van der Waals surface area contributed by atoms with Crippen molar-refractivity contribution >= 4 is 0 Å². The highest BCUT2D eigenvalue weighted by molar-refractivity contribution is 5.45. The number of benzene rings is 1. The summed E-state index contributed by atoms with van der Waals surface area (Å²) in [7, 11) is 0. The summed E-state index contributed by atoms with van der Waals surface area (Å²) in [6.45, 7) is 4.50. The Kier molecular flexibility index (Phi) is 2.57.